The van der Waals surface area contributed by atoms with Crippen molar-refractivity contribution in [2.24, 2.45) is 16.6 Å². The van der Waals surface area contributed by atoms with E-state index in [9.17, 15) is 0 Å². The van der Waals surface area contributed by atoms with Crippen LogP contribution in [0.5, 0.6) is 0 Å². The molecule has 0 unspecified atom stereocenters. The summed E-state index contributed by atoms with van der Waals surface area (Å²) in [5, 5.41) is 3.03. The number of halogens is 1. The molecule has 0 atom stereocenters. The number of hydrogen-bond donors (Lipinski definition) is 2. The molecule has 1 aromatic heterocycles. The summed E-state index contributed by atoms with van der Waals surface area (Å²) in [6.07, 6.45) is 0. The molecule has 0 aliphatic carbocycles. The van der Waals surface area contributed by atoms with Crippen molar-refractivity contribution in [1.82, 2.24) is 10.3 Å². The molecule has 0 spiro atoms. The highest BCUT2D eigenvalue weighted by Crippen LogP contribution is 2.08. The molecule has 0 saturated heterocycles. The molecule has 0 aliphatic rings. The van der Waals surface area contributed by atoms with Crippen molar-refractivity contribution in [3.63, 3.8) is 0 Å². The number of rotatable bonds is 4. The molecule has 0 bridgehead atoms. The summed E-state index contributed by atoms with van der Waals surface area (Å²) in [4.78, 5) is 8.37. The maximum atomic E-state index is 5.68. The van der Waals surface area contributed by atoms with Crippen LogP contribution in [0.1, 0.15) is 31.2 Å². The van der Waals surface area contributed by atoms with Crippen molar-refractivity contribution in [2.45, 2.75) is 34.2 Å². The number of aryl methyl sites for hydroxylation is 2. The number of nitrogens with two attached hydrogens (primary N) is 1. The summed E-state index contributed by atoms with van der Waals surface area (Å²) in [5.74, 6) is 2.41. The van der Waals surface area contributed by atoms with E-state index < -0.39 is 0 Å². The van der Waals surface area contributed by atoms with E-state index in [0.29, 0.717) is 24.3 Å². The van der Waals surface area contributed by atoms with Crippen LogP contribution in [-0.4, -0.2) is 17.5 Å². The highest BCUT2D eigenvalue weighted by atomic mass is 127. The minimum absolute atomic E-state index is 0. The number of aliphatic imine (C=N–C) groups is 1. The Morgan fingerprint density at radius 1 is 1.47 bits per heavy atom. The van der Waals surface area contributed by atoms with Crippen molar-refractivity contribution in [1.29, 1.82) is 0 Å². The highest BCUT2D eigenvalue weighted by Gasteiger charge is 2.04. The quantitative estimate of drug-likeness (QED) is 0.494. The average molecular weight is 352 g/mol. The molecular weight excluding hydrogens is 331 g/mol. The molecule has 0 radical (unpaired) electrons. The zero-order valence-corrected chi connectivity index (χ0v) is 13.1. The van der Waals surface area contributed by atoms with E-state index in [-0.39, 0.29) is 24.0 Å². The van der Waals surface area contributed by atoms with Crippen LogP contribution >= 0.6 is 24.0 Å². The van der Waals surface area contributed by atoms with Gasteiger partial charge in [-0.15, -0.1) is 24.0 Å². The minimum Gasteiger partial charge on any atom is -0.444 e. The third-order valence-electron chi connectivity index (χ3n) is 2.15. The van der Waals surface area contributed by atoms with Crippen molar-refractivity contribution in [3.8, 4) is 0 Å². The second-order valence-corrected chi connectivity index (χ2v) is 4.23. The molecule has 0 fully saturated rings. The topological polar surface area (TPSA) is 76.4 Å². The number of nitrogens with one attached hydrogen (secondary N) is 1. The van der Waals surface area contributed by atoms with Gasteiger partial charge in [-0.3, -0.25) is 0 Å². The van der Waals surface area contributed by atoms with Gasteiger partial charge in [0.2, 0.25) is 5.89 Å². The Bertz CT molecular complexity index is 354. The Balaban J connectivity index is 0.00000256. The van der Waals surface area contributed by atoms with E-state index in [1.807, 2.05) is 13.8 Å². The molecule has 98 valence electrons. The lowest BCUT2D eigenvalue weighted by molar-refractivity contribution is 0.473. The fourth-order valence-corrected chi connectivity index (χ4v) is 1.12. The van der Waals surface area contributed by atoms with E-state index in [2.05, 4.69) is 29.1 Å². The monoisotopic (exact) mass is 352 g/mol. The molecule has 1 heterocycles. The van der Waals surface area contributed by atoms with Gasteiger partial charge in [0.1, 0.15) is 12.3 Å². The second-order valence-electron chi connectivity index (χ2n) is 4.23. The van der Waals surface area contributed by atoms with Gasteiger partial charge in [-0.1, -0.05) is 13.8 Å². The molecule has 0 saturated carbocycles. The summed E-state index contributed by atoms with van der Waals surface area (Å²) >= 11 is 0. The third-order valence-corrected chi connectivity index (χ3v) is 2.15. The van der Waals surface area contributed by atoms with Gasteiger partial charge in [0, 0.05) is 6.54 Å². The summed E-state index contributed by atoms with van der Waals surface area (Å²) < 4.78 is 5.39. The SMILES string of the molecule is Cc1nc(CN=C(N)NCC(C)C)oc1C.I. The molecule has 1 aromatic rings. The first-order chi connectivity index (χ1) is 7.49. The molecule has 1 rings (SSSR count). The molecule has 3 N–H and O–H groups in total. The Kier molecular flexibility index (Phi) is 7.17. The maximum absolute atomic E-state index is 5.68. The Morgan fingerprint density at radius 2 is 2.12 bits per heavy atom. The van der Waals surface area contributed by atoms with Gasteiger partial charge in [0.15, 0.2) is 5.96 Å². The molecule has 0 aromatic carbocycles. The van der Waals surface area contributed by atoms with Crippen LogP contribution in [0.3, 0.4) is 0 Å². The summed E-state index contributed by atoms with van der Waals surface area (Å²) in [7, 11) is 0. The summed E-state index contributed by atoms with van der Waals surface area (Å²) in [6, 6.07) is 0. The Morgan fingerprint density at radius 3 is 2.59 bits per heavy atom. The maximum Gasteiger partial charge on any atom is 0.216 e. The van der Waals surface area contributed by atoms with Crippen molar-refractivity contribution < 1.29 is 4.42 Å². The summed E-state index contributed by atoms with van der Waals surface area (Å²) in [5.41, 5.74) is 6.59. The molecule has 6 heteroatoms. The van der Waals surface area contributed by atoms with Gasteiger partial charge in [0.25, 0.3) is 0 Å². The van der Waals surface area contributed by atoms with Gasteiger partial charge < -0.3 is 15.5 Å². The molecule has 5 nitrogen and oxygen atoms in total. The van der Waals surface area contributed by atoms with Gasteiger partial charge >= 0.3 is 0 Å². The normalized spacial score (nSPS) is 11.5. The predicted molar refractivity (Wildman–Crippen MR) is 79.6 cm³/mol. The van der Waals surface area contributed by atoms with Crippen LogP contribution in [0.2, 0.25) is 0 Å². The second kappa shape index (κ2) is 7.52. The van der Waals surface area contributed by atoms with Crippen LogP contribution in [0.4, 0.5) is 0 Å². The van der Waals surface area contributed by atoms with Crippen LogP contribution < -0.4 is 11.1 Å². The lowest BCUT2D eigenvalue weighted by atomic mass is 10.2. The standard InChI is InChI=1S/C11H20N4O.HI/c1-7(2)5-13-11(12)14-6-10-15-8(3)9(4)16-10;/h7H,5-6H2,1-4H3,(H3,12,13,14);1H. The van der Waals surface area contributed by atoms with Gasteiger partial charge in [0.05, 0.1) is 5.69 Å². The van der Waals surface area contributed by atoms with Crippen molar-refractivity contribution in [3.05, 3.63) is 17.3 Å². The number of guanidine groups is 1. The fourth-order valence-electron chi connectivity index (χ4n) is 1.12. The molecule has 0 amide bonds. The van der Waals surface area contributed by atoms with Gasteiger partial charge in [-0.25, -0.2) is 9.98 Å². The van der Waals surface area contributed by atoms with E-state index in [1.54, 1.807) is 0 Å². The van der Waals surface area contributed by atoms with Crippen LogP contribution in [0.25, 0.3) is 0 Å². The smallest absolute Gasteiger partial charge is 0.216 e. The number of nitrogens with zero attached hydrogens (tertiary/aromatic N) is 2. The average Bonchev–Trinajstić information content (AvgIpc) is 2.52. The van der Waals surface area contributed by atoms with E-state index in [4.69, 9.17) is 10.2 Å². The zero-order chi connectivity index (χ0) is 12.1. The Labute approximate surface area is 119 Å². The lowest BCUT2D eigenvalue weighted by Gasteiger charge is -2.06. The van der Waals surface area contributed by atoms with Crippen molar-refractivity contribution >= 4 is 29.9 Å². The molecular formula is C11H21IN4O. The molecule has 17 heavy (non-hydrogen) atoms. The first-order valence-electron chi connectivity index (χ1n) is 5.45. The van der Waals surface area contributed by atoms with Gasteiger partial charge in [-0.05, 0) is 19.8 Å². The van der Waals surface area contributed by atoms with Crippen LogP contribution in [-0.2, 0) is 6.54 Å². The number of hydrogen-bond acceptors (Lipinski definition) is 3. The van der Waals surface area contributed by atoms with Gasteiger partial charge in [-0.2, -0.15) is 0 Å². The fraction of sp³-hybridized carbons (Fsp3) is 0.636. The lowest BCUT2D eigenvalue weighted by Crippen LogP contribution is -2.34. The predicted octanol–water partition coefficient (Wildman–Crippen LogP) is 1.97. The zero-order valence-electron chi connectivity index (χ0n) is 10.8. The molecule has 0 aliphatic heterocycles. The largest absolute Gasteiger partial charge is 0.444 e. The van der Waals surface area contributed by atoms with Crippen LogP contribution in [0, 0.1) is 19.8 Å². The van der Waals surface area contributed by atoms with E-state index in [1.165, 1.54) is 0 Å². The highest BCUT2D eigenvalue weighted by molar-refractivity contribution is 14.0. The third kappa shape index (κ3) is 5.90. The first-order valence-corrected chi connectivity index (χ1v) is 5.45. The van der Waals surface area contributed by atoms with E-state index >= 15 is 0 Å². The minimum atomic E-state index is 0. The number of oxazole rings is 1. The van der Waals surface area contributed by atoms with E-state index in [0.717, 1.165) is 18.0 Å². The summed E-state index contributed by atoms with van der Waals surface area (Å²) in [6.45, 7) is 9.22. The van der Waals surface area contributed by atoms with Crippen molar-refractivity contribution in [2.75, 3.05) is 6.54 Å². The Hall–Kier alpha value is -0.790. The number of aromatic nitrogens is 1. The van der Waals surface area contributed by atoms with Crippen LogP contribution in [0.15, 0.2) is 9.41 Å². The first kappa shape index (κ1) is 16.2.